The number of nitrogens with one attached hydrogen (secondary N) is 1. The fraction of sp³-hybridized carbons (Fsp3) is 0.364. The predicted molar refractivity (Wildman–Crippen MR) is 106 cm³/mol. The molecule has 1 fully saturated rings. The van der Waals surface area contributed by atoms with E-state index in [1.807, 2.05) is 0 Å². The van der Waals surface area contributed by atoms with Gasteiger partial charge in [-0.2, -0.15) is 0 Å². The molecule has 1 saturated heterocycles. The summed E-state index contributed by atoms with van der Waals surface area (Å²) in [5, 5.41) is 2.88. The van der Waals surface area contributed by atoms with Gasteiger partial charge in [-0.25, -0.2) is 4.39 Å². The van der Waals surface area contributed by atoms with Crippen molar-refractivity contribution in [3.63, 3.8) is 0 Å². The number of carbonyl (C=O) groups is 2. The molecule has 152 valence electrons. The molecule has 7 heteroatoms. The number of methoxy groups -OCH3 is 2. The number of hydrogen-bond donors (Lipinski definition) is 1. The molecular formula is C22H23FN2O4. The lowest BCUT2D eigenvalue weighted by atomic mass is 9.78. The standard InChI is InChI=1S/C22H23FN2O4/c1-28-18-11-15-16(12-19(18)29-2)22(27)25-10-4-3-5-17(25)20(15)21(26)24-14-8-6-13(23)7-9-14/h6-9,11-12,17,20H,3-5,10H2,1-2H3,(H,24,26). The number of hydrogen-bond acceptors (Lipinski definition) is 4. The number of anilines is 1. The molecule has 4 rings (SSSR count). The first-order valence-electron chi connectivity index (χ1n) is 9.67. The SMILES string of the molecule is COc1cc2c(cc1OC)C(C(=O)Nc1ccc(F)cc1)C1CCCCN1C2=O. The molecule has 0 aromatic heterocycles. The fourth-order valence-corrected chi connectivity index (χ4v) is 4.32. The summed E-state index contributed by atoms with van der Waals surface area (Å²) in [5.74, 6) is -0.304. The van der Waals surface area contributed by atoms with Gasteiger partial charge in [0.25, 0.3) is 5.91 Å². The van der Waals surface area contributed by atoms with E-state index in [2.05, 4.69) is 5.32 Å². The van der Waals surface area contributed by atoms with E-state index in [4.69, 9.17) is 9.47 Å². The normalized spacial score (nSPS) is 20.5. The van der Waals surface area contributed by atoms with E-state index >= 15 is 0 Å². The number of carbonyl (C=O) groups excluding carboxylic acids is 2. The second kappa shape index (κ2) is 7.73. The van der Waals surface area contributed by atoms with Crippen LogP contribution in [-0.4, -0.2) is 43.5 Å². The monoisotopic (exact) mass is 398 g/mol. The summed E-state index contributed by atoms with van der Waals surface area (Å²) in [6.45, 7) is 0.623. The largest absolute Gasteiger partial charge is 0.493 e. The van der Waals surface area contributed by atoms with Crippen molar-refractivity contribution in [3.05, 3.63) is 53.3 Å². The molecule has 2 aromatic carbocycles. The molecule has 0 aliphatic carbocycles. The molecule has 29 heavy (non-hydrogen) atoms. The quantitative estimate of drug-likeness (QED) is 0.855. The third kappa shape index (κ3) is 3.41. The van der Waals surface area contributed by atoms with E-state index in [0.29, 0.717) is 34.9 Å². The number of amides is 2. The van der Waals surface area contributed by atoms with Gasteiger partial charge in [-0.3, -0.25) is 9.59 Å². The van der Waals surface area contributed by atoms with Crippen LogP contribution in [0, 0.1) is 5.82 Å². The summed E-state index contributed by atoms with van der Waals surface area (Å²) in [7, 11) is 3.04. The Labute approximate surface area is 168 Å². The van der Waals surface area contributed by atoms with Crippen LogP contribution in [0.4, 0.5) is 10.1 Å². The minimum atomic E-state index is -0.548. The molecular weight excluding hydrogens is 375 g/mol. The molecule has 2 atom stereocenters. The van der Waals surface area contributed by atoms with Gasteiger partial charge >= 0.3 is 0 Å². The van der Waals surface area contributed by atoms with Gasteiger partial charge < -0.3 is 19.7 Å². The van der Waals surface area contributed by atoms with Gasteiger partial charge in [-0.15, -0.1) is 0 Å². The molecule has 0 bridgehead atoms. The topological polar surface area (TPSA) is 67.9 Å². The molecule has 0 spiro atoms. The van der Waals surface area contributed by atoms with E-state index < -0.39 is 5.92 Å². The average molecular weight is 398 g/mol. The van der Waals surface area contributed by atoms with Crippen molar-refractivity contribution >= 4 is 17.5 Å². The lowest BCUT2D eigenvalue weighted by Crippen LogP contribution is -2.53. The van der Waals surface area contributed by atoms with Gasteiger partial charge in [-0.1, -0.05) is 0 Å². The number of fused-ring (bicyclic) bond motifs is 2. The Hall–Kier alpha value is -3.09. The van der Waals surface area contributed by atoms with Crippen LogP contribution in [-0.2, 0) is 4.79 Å². The van der Waals surface area contributed by atoms with E-state index in [0.717, 1.165) is 19.3 Å². The second-order valence-corrected chi connectivity index (χ2v) is 7.33. The zero-order chi connectivity index (χ0) is 20.5. The molecule has 2 unspecified atom stereocenters. The summed E-state index contributed by atoms with van der Waals surface area (Å²) in [6, 6.07) is 8.81. The molecule has 2 aromatic rings. The van der Waals surface area contributed by atoms with Crippen LogP contribution in [0.5, 0.6) is 11.5 Å². The zero-order valence-electron chi connectivity index (χ0n) is 16.4. The summed E-state index contributed by atoms with van der Waals surface area (Å²) in [6.07, 6.45) is 2.62. The Bertz CT molecular complexity index is 945. The van der Waals surface area contributed by atoms with Crippen LogP contribution >= 0.6 is 0 Å². The molecule has 2 aliphatic heterocycles. The number of benzene rings is 2. The summed E-state index contributed by atoms with van der Waals surface area (Å²) in [5.41, 5.74) is 1.60. The average Bonchev–Trinajstić information content (AvgIpc) is 2.74. The zero-order valence-corrected chi connectivity index (χ0v) is 16.4. The molecule has 0 saturated carbocycles. The van der Waals surface area contributed by atoms with E-state index in [1.165, 1.54) is 38.5 Å². The highest BCUT2D eigenvalue weighted by molar-refractivity contribution is 6.04. The van der Waals surface area contributed by atoms with Gasteiger partial charge in [0, 0.05) is 23.8 Å². The maximum Gasteiger partial charge on any atom is 0.254 e. The minimum Gasteiger partial charge on any atom is -0.493 e. The van der Waals surface area contributed by atoms with Gasteiger partial charge in [0.1, 0.15) is 5.82 Å². The fourth-order valence-electron chi connectivity index (χ4n) is 4.32. The first-order valence-corrected chi connectivity index (χ1v) is 9.67. The Kier molecular flexibility index (Phi) is 5.13. The third-order valence-electron chi connectivity index (χ3n) is 5.71. The van der Waals surface area contributed by atoms with Crippen LogP contribution < -0.4 is 14.8 Å². The first-order chi connectivity index (χ1) is 14.0. The number of halogens is 1. The highest BCUT2D eigenvalue weighted by atomic mass is 19.1. The Morgan fingerprint density at radius 1 is 1.10 bits per heavy atom. The van der Waals surface area contributed by atoms with Crippen molar-refractivity contribution in [3.8, 4) is 11.5 Å². The Morgan fingerprint density at radius 2 is 1.79 bits per heavy atom. The van der Waals surface area contributed by atoms with Crippen LogP contribution in [0.15, 0.2) is 36.4 Å². The van der Waals surface area contributed by atoms with Gasteiger partial charge in [0.05, 0.1) is 20.1 Å². The highest BCUT2D eigenvalue weighted by Crippen LogP contribution is 2.43. The second-order valence-electron chi connectivity index (χ2n) is 7.33. The predicted octanol–water partition coefficient (Wildman–Crippen LogP) is 3.57. The van der Waals surface area contributed by atoms with Crippen LogP contribution in [0.2, 0.25) is 0 Å². The minimum absolute atomic E-state index is 0.0866. The van der Waals surface area contributed by atoms with E-state index in [9.17, 15) is 14.0 Å². The van der Waals surface area contributed by atoms with Crippen molar-refractivity contribution in [1.82, 2.24) is 4.90 Å². The van der Waals surface area contributed by atoms with Crippen molar-refractivity contribution < 1.29 is 23.5 Å². The molecule has 6 nitrogen and oxygen atoms in total. The third-order valence-corrected chi connectivity index (χ3v) is 5.71. The number of rotatable bonds is 4. The number of ether oxygens (including phenoxy) is 2. The van der Waals surface area contributed by atoms with Gasteiger partial charge in [-0.05, 0) is 61.2 Å². The smallest absolute Gasteiger partial charge is 0.254 e. The maximum atomic E-state index is 13.3. The van der Waals surface area contributed by atoms with Crippen LogP contribution in [0.3, 0.4) is 0 Å². The van der Waals surface area contributed by atoms with Gasteiger partial charge in [0.15, 0.2) is 11.5 Å². The van der Waals surface area contributed by atoms with Crippen molar-refractivity contribution in [2.75, 3.05) is 26.1 Å². The Morgan fingerprint density at radius 3 is 2.48 bits per heavy atom. The summed E-state index contributed by atoms with van der Waals surface area (Å²) in [4.78, 5) is 28.3. The lowest BCUT2D eigenvalue weighted by Gasteiger charge is -2.44. The molecule has 0 radical (unpaired) electrons. The van der Waals surface area contributed by atoms with Gasteiger partial charge in [0.2, 0.25) is 5.91 Å². The highest BCUT2D eigenvalue weighted by Gasteiger charge is 2.44. The van der Waals surface area contributed by atoms with Crippen molar-refractivity contribution in [2.24, 2.45) is 0 Å². The molecule has 2 amide bonds. The lowest BCUT2D eigenvalue weighted by molar-refractivity contribution is -0.119. The maximum absolute atomic E-state index is 13.3. The number of piperidine rings is 1. The Balaban J connectivity index is 1.78. The summed E-state index contributed by atoms with van der Waals surface area (Å²) < 4.78 is 24.0. The molecule has 2 aliphatic rings. The number of nitrogens with zero attached hydrogens (tertiary/aromatic N) is 1. The van der Waals surface area contributed by atoms with Crippen molar-refractivity contribution in [2.45, 2.75) is 31.2 Å². The molecule has 1 N–H and O–H groups in total. The van der Waals surface area contributed by atoms with E-state index in [1.54, 1.807) is 17.0 Å². The van der Waals surface area contributed by atoms with Crippen LogP contribution in [0.25, 0.3) is 0 Å². The first kappa shape index (κ1) is 19.2. The molecule has 2 heterocycles. The summed E-state index contributed by atoms with van der Waals surface area (Å²) >= 11 is 0. The van der Waals surface area contributed by atoms with Crippen molar-refractivity contribution in [1.29, 1.82) is 0 Å². The van der Waals surface area contributed by atoms with Crippen LogP contribution in [0.1, 0.15) is 41.1 Å². The van der Waals surface area contributed by atoms with E-state index in [-0.39, 0.29) is 23.7 Å².